The predicted octanol–water partition coefficient (Wildman–Crippen LogP) is 1.22. The fourth-order valence-corrected chi connectivity index (χ4v) is 4.39. The first-order valence-electron chi connectivity index (χ1n) is 9.68. The van der Waals surface area contributed by atoms with Crippen LogP contribution in [0.25, 0.3) is 0 Å². The number of likely N-dealkylation sites (tertiary alicyclic amines) is 1. The predicted molar refractivity (Wildman–Crippen MR) is 96.0 cm³/mol. The highest BCUT2D eigenvalue weighted by Gasteiger charge is 2.38. The lowest BCUT2D eigenvalue weighted by molar-refractivity contribution is -0.128. The Morgan fingerprint density at radius 1 is 1.28 bits per heavy atom. The Kier molecular flexibility index (Phi) is 6.12. The molecule has 2 amide bonds. The molecule has 2 fully saturated rings. The quantitative estimate of drug-likeness (QED) is 0.783. The summed E-state index contributed by atoms with van der Waals surface area (Å²) in [5.74, 6) is 0.174. The normalized spacial score (nSPS) is 33.1. The molecular formula is C19H31N3O3. The van der Waals surface area contributed by atoms with Crippen molar-refractivity contribution in [2.24, 2.45) is 5.92 Å². The van der Waals surface area contributed by atoms with Gasteiger partial charge in [-0.2, -0.15) is 0 Å². The summed E-state index contributed by atoms with van der Waals surface area (Å²) in [6.07, 6.45) is 7.55. The van der Waals surface area contributed by atoms with Gasteiger partial charge < -0.3 is 20.3 Å². The Bertz CT molecular complexity index is 534. The molecule has 0 bridgehead atoms. The van der Waals surface area contributed by atoms with Gasteiger partial charge in [0.15, 0.2) is 0 Å². The molecular weight excluding hydrogens is 318 g/mol. The maximum Gasteiger partial charge on any atom is 0.247 e. The van der Waals surface area contributed by atoms with Gasteiger partial charge in [-0.15, -0.1) is 0 Å². The topological polar surface area (TPSA) is 70.7 Å². The number of amides is 2. The van der Waals surface area contributed by atoms with Crippen LogP contribution in [0.4, 0.5) is 0 Å². The smallest absolute Gasteiger partial charge is 0.247 e. The number of hydrogen-bond donors (Lipinski definition) is 2. The van der Waals surface area contributed by atoms with E-state index in [1.54, 1.807) is 0 Å². The zero-order valence-corrected chi connectivity index (χ0v) is 15.4. The third-order valence-corrected chi connectivity index (χ3v) is 5.91. The van der Waals surface area contributed by atoms with Gasteiger partial charge >= 0.3 is 0 Å². The van der Waals surface area contributed by atoms with Crippen LogP contribution in [0.5, 0.6) is 0 Å². The van der Waals surface area contributed by atoms with E-state index in [0.29, 0.717) is 19.3 Å². The molecule has 6 heteroatoms. The van der Waals surface area contributed by atoms with Gasteiger partial charge in [0.2, 0.25) is 11.8 Å². The van der Waals surface area contributed by atoms with Crippen molar-refractivity contribution in [3.63, 3.8) is 0 Å². The van der Waals surface area contributed by atoms with Crippen molar-refractivity contribution in [1.29, 1.82) is 0 Å². The molecule has 4 atom stereocenters. The fraction of sp³-hybridized carbons (Fsp3) is 0.789. The third-order valence-electron chi connectivity index (χ3n) is 5.91. The Balaban J connectivity index is 1.59. The molecule has 0 radical (unpaired) electrons. The van der Waals surface area contributed by atoms with E-state index in [-0.39, 0.29) is 29.8 Å². The molecule has 0 aromatic carbocycles. The van der Waals surface area contributed by atoms with Crippen molar-refractivity contribution in [3.8, 4) is 0 Å². The lowest BCUT2D eigenvalue weighted by atomic mass is 9.95. The molecule has 2 heterocycles. The zero-order valence-electron chi connectivity index (χ0n) is 15.4. The molecule has 140 valence electrons. The molecule has 0 spiro atoms. The largest absolute Gasteiger partial charge is 0.379 e. The van der Waals surface area contributed by atoms with E-state index in [4.69, 9.17) is 4.74 Å². The highest BCUT2D eigenvalue weighted by Crippen LogP contribution is 2.26. The van der Waals surface area contributed by atoms with Crippen LogP contribution in [-0.2, 0) is 14.3 Å². The van der Waals surface area contributed by atoms with Gasteiger partial charge in [-0.1, -0.05) is 13.0 Å². The van der Waals surface area contributed by atoms with Crippen LogP contribution < -0.4 is 10.6 Å². The molecule has 0 saturated carbocycles. The summed E-state index contributed by atoms with van der Waals surface area (Å²) in [7, 11) is 2.09. The summed E-state index contributed by atoms with van der Waals surface area (Å²) in [6, 6.07) is 0.123. The minimum absolute atomic E-state index is 0.000664. The van der Waals surface area contributed by atoms with Crippen LogP contribution in [0.2, 0.25) is 0 Å². The van der Waals surface area contributed by atoms with Crippen molar-refractivity contribution in [1.82, 2.24) is 15.5 Å². The van der Waals surface area contributed by atoms with Crippen LogP contribution in [0.15, 0.2) is 11.6 Å². The van der Waals surface area contributed by atoms with Gasteiger partial charge in [0.05, 0.1) is 24.6 Å². The Labute approximate surface area is 150 Å². The first-order chi connectivity index (χ1) is 12.1. The highest BCUT2D eigenvalue weighted by molar-refractivity contribution is 5.94. The third kappa shape index (κ3) is 4.23. The molecule has 0 aromatic rings. The minimum Gasteiger partial charge on any atom is -0.379 e. The number of carbonyl (C=O) groups is 2. The van der Waals surface area contributed by atoms with Crippen LogP contribution >= 0.6 is 0 Å². The van der Waals surface area contributed by atoms with Gasteiger partial charge in [0, 0.05) is 18.2 Å². The molecule has 0 aromatic heterocycles. The second-order valence-electron chi connectivity index (χ2n) is 7.53. The van der Waals surface area contributed by atoms with E-state index in [2.05, 4.69) is 29.5 Å². The van der Waals surface area contributed by atoms with Crippen LogP contribution in [0.1, 0.15) is 45.4 Å². The second-order valence-corrected chi connectivity index (χ2v) is 7.53. The number of carbonyl (C=O) groups excluding carboxylic acids is 2. The monoisotopic (exact) mass is 349 g/mol. The molecule has 6 nitrogen and oxygen atoms in total. The molecule has 0 unspecified atom stereocenters. The Morgan fingerprint density at radius 2 is 2.12 bits per heavy atom. The molecule has 2 aliphatic heterocycles. The van der Waals surface area contributed by atoms with E-state index in [1.807, 2.05) is 6.08 Å². The van der Waals surface area contributed by atoms with Gasteiger partial charge in [-0.05, 0) is 52.1 Å². The van der Waals surface area contributed by atoms with E-state index in [9.17, 15) is 9.59 Å². The summed E-state index contributed by atoms with van der Waals surface area (Å²) in [5, 5.41) is 6.30. The van der Waals surface area contributed by atoms with E-state index < -0.39 is 0 Å². The maximum absolute atomic E-state index is 12.8. The summed E-state index contributed by atoms with van der Waals surface area (Å²) in [6.45, 7) is 4.20. The fourth-order valence-electron chi connectivity index (χ4n) is 4.39. The first kappa shape index (κ1) is 18.4. The average Bonchev–Trinajstić information content (AvgIpc) is 3.26. The first-order valence-corrected chi connectivity index (χ1v) is 9.68. The number of allylic oxidation sites excluding steroid dienone is 1. The standard InChI is InChI=1S/C19H31N3O3/c1-3-17-14(8-10-22(17)2)19(24)20-15-9-11-25-12-16(15)21-18(23)13-6-4-5-7-13/h6,14-17H,3-5,7-12H2,1-2H3,(H,20,24)(H,21,23)/t14-,15+,16-,17+/m0/s1. The maximum atomic E-state index is 12.8. The second kappa shape index (κ2) is 8.32. The van der Waals surface area contributed by atoms with E-state index in [0.717, 1.165) is 50.6 Å². The van der Waals surface area contributed by atoms with Gasteiger partial charge in [-0.25, -0.2) is 0 Å². The lowest BCUT2D eigenvalue weighted by Gasteiger charge is -2.34. The molecule has 3 aliphatic rings. The van der Waals surface area contributed by atoms with Crippen LogP contribution in [-0.4, -0.2) is 61.6 Å². The Hall–Kier alpha value is -1.40. The van der Waals surface area contributed by atoms with Gasteiger partial charge in [0.25, 0.3) is 0 Å². The SMILES string of the molecule is CC[C@@H]1[C@@H](C(=O)N[C@@H]2CCOC[C@@H]2NC(=O)C2=CCCC2)CCN1C. The summed E-state index contributed by atoms with van der Waals surface area (Å²) < 4.78 is 5.55. The lowest BCUT2D eigenvalue weighted by Crippen LogP contribution is -2.58. The van der Waals surface area contributed by atoms with Crippen molar-refractivity contribution in [3.05, 3.63) is 11.6 Å². The molecule has 1 aliphatic carbocycles. The van der Waals surface area contributed by atoms with E-state index in [1.165, 1.54) is 0 Å². The van der Waals surface area contributed by atoms with Crippen molar-refractivity contribution in [2.45, 2.75) is 63.6 Å². The number of rotatable bonds is 5. The summed E-state index contributed by atoms with van der Waals surface area (Å²) in [5.41, 5.74) is 0.874. The molecule has 3 rings (SSSR count). The van der Waals surface area contributed by atoms with Crippen molar-refractivity contribution < 1.29 is 14.3 Å². The molecule has 25 heavy (non-hydrogen) atoms. The number of hydrogen-bond acceptors (Lipinski definition) is 4. The number of nitrogens with zero attached hydrogens (tertiary/aromatic N) is 1. The zero-order chi connectivity index (χ0) is 17.8. The molecule has 2 N–H and O–H groups in total. The van der Waals surface area contributed by atoms with Crippen molar-refractivity contribution in [2.75, 3.05) is 26.8 Å². The average molecular weight is 349 g/mol. The molecule has 2 saturated heterocycles. The summed E-state index contributed by atoms with van der Waals surface area (Å²) in [4.78, 5) is 27.5. The number of ether oxygens (including phenoxy) is 1. The van der Waals surface area contributed by atoms with Crippen LogP contribution in [0.3, 0.4) is 0 Å². The summed E-state index contributed by atoms with van der Waals surface area (Å²) >= 11 is 0. The van der Waals surface area contributed by atoms with Crippen molar-refractivity contribution >= 4 is 11.8 Å². The van der Waals surface area contributed by atoms with E-state index >= 15 is 0 Å². The Morgan fingerprint density at radius 3 is 2.84 bits per heavy atom. The minimum atomic E-state index is -0.147. The van der Waals surface area contributed by atoms with Gasteiger partial charge in [0.1, 0.15) is 0 Å². The van der Waals surface area contributed by atoms with Gasteiger partial charge in [-0.3, -0.25) is 9.59 Å². The van der Waals surface area contributed by atoms with Crippen LogP contribution in [0, 0.1) is 5.92 Å². The highest BCUT2D eigenvalue weighted by atomic mass is 16.5. The number of nitrogens with one attached hydrogen (secondary N) is 2.